The molecule has 2 N–H and O–H groups in total. The minimum Gasteiger partial charge on any atom is -0.465 e. The van der Waals surface area contributed by atoms with E-state index in [1.165, 1.54) is 18.9 Å². The number of aromatic nitrogens is 1. The lowest BCUT2D eigenvalue weighted by molar-refractivity contribution is 0.0600. The highest BCUT2D eigenvalue weighted by Gasteiger charge is 2.41. The second-order valence-corrected chi connectivity index (χ2v) is 8.71. The van der Waals surface area contributed by atoms with Gasteiger partial charge in [-0.05, 0) is 49.4 Å². The number of hydrogen-bond donors (Lipinski definition) is 1. The number of benzene rings is 1. The molecule has 1 aromatic carbocycles. The molecule has 1 saturated heterocycles. The van der Waals surface area contributed by atoms with Crippen LogP contribution in [0.15, 0.2) is 42.7 Å². The van der Waals surface area contributed by atoms with Gasteiger partial charge in [0.2, 0.25) is 0 Å². The molecule has 2 amide bonds. The maximum absolute atomic E-state index is 13.2. The highest BCUT2D eigenvalue weighted by Crippen LogP contribution is 2.41. The van der Waals surface area contributed by atoms with Crippen LogP contribution in [0.3, 0.4) is 0 Å². The number of ether oxygens (including phenoxy) is 1. The molecule has 172 valence electrons. The highest BCUT2D eigenvalue weighted by atomic mass is 35.5. The second kappa shape index (κ2) is 10.1. The molecule has 9 heteroatoms. The summed E-state index contributed by atoms with van der Waals surface area (Å²) >= 11 is 6.22. The molecular weight excluding hydrogens is 451 g/mol. The minimum absolute atomic E-state index is 0. The van der Waals surface area contributed by atoms with E-state index in [4.69, 9.17) is 22.1 Å². The second-order valence-electron chi connectivity index (χ2n) is 8.28. The summed E-state index contributed by atoms with van der Waals surface area (Å²) in [6, 6.07) is 9.74. The Morgan fingerprint density at radius 1 is 1.25 bits per heavy atom. The van der Waals surface area contributed by atoms with Crippen molar-refractivity contribution in [2.45, 2.75) is 37.1 Å². The van der Waals surface area contributed by atoms with Crippen molar-refractivity contribution in [3.8, 4) is 0 Å². The van der Waals surface area contributed by atoms with Gasteiger partial charge in [-0.3, -0.25) is 9.88 Å². The Labute approximate surface area is 199 Å². The number of nitrogens with two attached hydrogens (primary N) is 1. The molecule has 32 heavy (non-hydrogen) atoms. The van der Waals surface area contributed by atoms with Gasteiger partial charge in [0.05, 0.1) is 24.6 Å². The van der Waals surface area contributed by atoms with Crippen LogP contribution in [0.2, 0.25) is 5.02 Å². The third-order valence-corrected chi connectivity index (χ3v) is 6.91. The molecule has 0 bridgehead atoms. The molecule has 1 aliphatic heterocycles. The summed E-state index contributed by atoms with van der Waals surface area (Å²) in [7, 11) is 1.32. The van der Waals surface area contributed by atoms with E-state index in [0.717, 1.165) is 30.7 Å². The minimum atomic E-state index is -0.468. The van der Waals surface area contributed by atoms with Crippen LogP contribution in [0, 0.1) is 0 Å². The molecule has 2 heterocycles. The predicted molar refractivity (Wildman–Crippen MR) is 127 cm³/mol. The summed E-state index contributed by atoms with van der Waals surface area (Å²) in [5, 5.41) is 0.723. The van der Waals surface area contributed by atoms with Gasteiger partial charge in [0, 0.05) is 42.3 Å². The van der Waals surface area contributed by atoms with Crippen LogP contribution in [0.25, 0.3) is 0 Å². The predicted octanol–water partition coefficient (Wildman–Crippen LogP) is 4.02. The van der Waals surface area contributed by atoms with Crippen LogP contribution in [0.1, 0.15) is 41.6 Å². The fraction of sp³-hybridized carbons (Fsp3) is 0.435. The lowest BCUT2D eigenvalue weighted by Crippen LogP contribution is -2.46. The molecule has 0 radical (unpaired) electrons. The van der Waals surface area contributed by atoms with Gasteiger partial charge in [0.1, 0.15) is 0 Å². The van der Waals surface area contributed by atoms with Gasteiger partial charge in [-0.1, -0.05) is 23.7 Å². The van der Waals surface area contributed by atoms with Crippen molar-refractivity contribution in [2.75, 3.05) is 31.6 Å². The number of esters is 1. The Balaban J connectivity index is 0.00000289. The number of nitrogens with zero attached hydrogens (tertiary/aromatic N) is 3. The topological polar surface area (TPSA) is 88.8 Å². The largest absolute Gasteiger partial charge is 0.465 e. The van der Waals surface area contributed by atoms with Crippen molar-refractivity contribution >= 4 is 41.7 Å². The first-order valence-electron chi connectivity index (χ1n) is 10.5. The normalized spacial score (nSPS) is 23.1. The average molecular weight is 479 g/mol. The lowest BCUT2D eigenvalue weighted by atomic mass is 9.68. The number of pyridine rings is 1. The van der Waals surface area contributed by atoms with Crippen LogP contribution in [0.5, 0.6) is 0 Å². The van der Waals surface area contributed by atoms with E-state index in [1.54, 1.807) is 17.2 Å². The van der Waals surface area contributed by atoms with E-state index < -0.39 is 5.97 Å². The molecule has 1 aromatic heterocycles. The molecule has 1 aliphatic carbocycles. The summed E-state index contributed by atoms with van der Waals surface area (Å²) in [5.74, 6) is -0.468. The molecule has 0 unspecified atom stereocenters. The highest BCUT2D eigenvalue weighted by molar-refractivity contribution is 6.30. The Morgan fingerprint density at radius 2 is 2.00 bits per heavy atom. The Hall–Kier alpha value is -2.35. The number of urea groups is 1. The monoisotopic (exact) mass is 478 g/mol. The van der Waals surface area contributed by atoms with Gasteiger partial charge in [0.15, 0.2) is 0 Å². The van der Waals surface area contributed by atoms with Crippen molar-refractivity contribution in [1.29, 1.82) is 0 Å². The zero-order valence-electron chi connectivity index (χ0n) is 18.0. The summed E-state index contributed by atoms with van der Waals surface area (Å²) in [5.41, 5.74) is 8.25. The summed E-state index contributed by atoms with van der Waals surface area (Å²) in [4.78, 5) is 32.7. The van der Waals surface area contributed by atoms with Crippen LogP contribution < -0.4 is 10.6 Å². The van der Waals surface area contributed by atoms with Gasteiger partial charge < -0.3 is 15.4 Å². The molecule has 2 aromatic rings. The lowest BCUT2D eigenvalue weighted by Gasteiger charge is -2.42. The molecule has 7 nitrogen and oxygen atoms in total. The Kier molecular flexibility index (Phi) is 7.64. The van der Waals surface area contributed by atoms with Gasteiger partial charge in [-0.15, -0.1) is 12.4 Å². The third-order valence-electron chi connectivity index (χ3n) is 6.68. The molecule has 2 fully saturated rings. The Bertz CT molecular complexity index is 979. The van der Waals surface area contributed by atoms with Crippen LogP contribution >= 0.6 is 24.0 Å². The maximum atomic E-state index is 13.2. The van der Waals surface area contributed by atoms with E-state index in [0.29, 0.717) is 30.9 Å². The number of carbonyl (C=O) groups is 2. The molecule has 0 atom stereocenters. The van der Waals surface area contributed by atoms with Crippen LogP contribution in [-0.2, 0) is 10.2 Å². The first-order chi connectivity index (χ1) is 15.0. The van der Waals surface area contributed by atoms with E-state index in [2.05, 4.69) is 11.1 Å². The number of methoxy groups -OCH3 is 1. The van der Waals surface area contributed by atoms with Crippen molar-refractivity contribution in [2.24, 2.45) is 5.73 Å². The number of rotatable bonds is 5. The number of hydrogen-bond acceptors (Lipinski definition) is 5. The van der Waals surface area contributed by atoms with Crippen molar-refractivity contribution in [1.82, 2.24) is 9.88 Å². The number of anilines is 1. The van der Waals surface area contributed by atoms with Crippen LogP contribution in [-0.4, -0.2) is 54.7 Å². The quantitative estimate of drug-likeness (QED) is 0.655. The van der Waals surface area contributed by atoms with Crippen molar-refractivity contribution in [3.63, 3.8) is 0 Å². The Morgan fingerprint density at radius 3 is 2.66 bits per heavy atom. The first kappa shape index (κ1) is 24.3. The standard InChI is InChI=1S/C23H27ClN4O3.ClH/c1-31-21(29)16-11-20(14-26-13-16)28-10-9-27(22(28)30)19-5-7-23(15-25,8-6-19)17-3-2-4-18(24)12-17;/h2-4,11-14,19H,5-10,15,25H2,1H3;1H/t19-,23-;. The fourth-order valence-electron chi connectivity index (χ4n) is 4.83. The third kappa shape index (κ3) is 4.56. The summed E-state index contributed by atoms with van der Waals surface area (Å²) in [6.45, 7) is 1.78. The van der Waals surface area contributed by atoms with E-state index in [9.17, 15) is 9.59 Å². The maximum Gasteiger partial charge on any atom is 0.339 e. The molecule has 4 rings (SSSR count). The average Bonchev–Trinajstić information content (AvgIpc) is 3.20. The zero-order chi connectivity index (χ0) is 22.0. The van der Waals surface area contributed by atoms with Crippen LogP contribution in [0.4, 0.5) is 10.5 Å². The van der Waals surface area contributed by atoms with E-state index in [-0.39, 0.29) is 29.9 Å². The first-order valence-corrected chi connectivity index (χ1v) is 10.9. The van der Waals surface area contributed by atoms with Crippen molar-refractivity contribution in [3.05, 3.63) is 58.9 Å². The van der Waals surface area contributed by atoms with Gasteiger partial charge in [-0.2, -0.15) is 0 Å². The SMILES string of the molecule is COC(=O)c1cncc(N2CCN([C@H]3CC[C@](CN)(c4cccc(Cl)c4)CC3)C2=O)c1.Cl. The van der Waals surface area contributed by atoms with E-state index >= 15 is 0 Å². The van der Waals surface area contributed by atoms with Gasteiger partial charge >= 0.3 is 12.0 Å². The van der Waals surface area contributed by atoms with E-state index in [1.807, 2.05) is 23.1 Å². The van der Waals surface area contributed by atoms with Crippen molar-refractivity contribution < 1.29 is 14.3 Å². The molecule has 0 spiro atoms. The number of amides is 2. The number of carbonyl (C=O) groups excluding carboxylic acids is 2. The molecule has 1 saturated carbocycles. The number of halogens is 2. The smallest absolute Gasteiger partial charge is 0.339 e. The van der Waals surface area contributed by atoms with Gasteiger partial charge in [-0.25, -0.2) is 9.59 Å². The summed E-state index contributed by atoms with van der Waals surface area (Å²) < 4.78 is 4.76. The molecular formula is C23H28Cl2N4O3. The fourth-order valence-corrected chi connectivity index (χ4v) is 5.02. The van der Waals surface area contributed by atoms with Gasteiger partial charge in [0.25, 0.3) is 0 Å². The molecule has 2 aliphatic rings. The summed E-state index contributed by atoms with van der Waals surface area (Å²) in [6.07, 6.45) is 6.66. The zero-order valence-corrected chi connectivity index (χ0v) is 19.6.